The van der Waals surface area contributed by atoms with Gasteiger partial charge in [-0.1, -0.05) is 32.0 Å². The lowest BCUT2D eigenvalue weighted by Gasteiger charge is -2.22. The molecule has 1 aromatic carbocycles. The van der Waals surface area contributed by atoms with Gasteiger partial charge in [0.05, 0.1) is 20.8 Å². The van der Waals surface area contributed by atoms with Crippen molar-refractivity contribution in [3.05, 3.63) is 35.5 Å². The molecular weight excluding hydrogens is 398 g/mol. The summed E-state index contributed by atoms with van der Waals surface area (Å²) in [6.45, 7) is 10.2. The number of benzene rings is 1. The molecule has 3 rings (SSSR count). The Morgan fingerprint density at radius 3 is 2.58 bits per heavy atom. The number of carbonyl (C=O) groups is 1. The fraction of sp³-hybridized carbons (Fsp3) is 0.591. The molecule has 0 aliphatic carbocycles. The van der Waals surface area contributed by atoms with E-state index in [-0.39, 0.29) is 11.4 Å². The fourth-order valence-corrected chi connectivity index (χ4v) is 3.44. The third kappa shape index (κ3) is 6.10. The Balaban J connectivity index is 1.50. The largest absolute Gasteiger partial charge is 0.493 e. The number of rotatable bonds is 6. The highest BCUT2D eigenvalue weighted by atomic mass is 16.5. The predicted octanol–water partition coefficient (Wildman–Crippen LogP) is 2.80. The summed E-state index contributed by atoms with van der Waals surface area (Å²) in [6.07, 6.45) is 0.897. The molecule has 0 atom stereocenters. The van der Waals surface area contributed by atoms with Crippen LogP contribution in [0.2, 0.25) is 0 Å². The lowest BCUT2D eigenvalue weighted by molar-refractivity contribution is 0.196. The van der Waals surface area contributed by atoms with E-state index >= 15 is 0 Å². The third-order valence-corrected chi connectivity index (χ3v) is 5.24. The first kappa shape index (κ1) is 22.9. The molecule has 1 aliphatic heterocycles. The van der Waals surface area contributed by atoms with E-state index in [1.165, 1.54) is 0 Å². The van der Waals surface area contributed by atoms with E-state index in [4.69, 9.17) is 14.0 Å². The van der Waals surface area contributed by atoms with Crippen molar-refractivity contribution in [2.24, 2.45) is 0 Å². The third-order valence-electron chi connectivity index (χ3n) is 5.24. The first-order valence-electron chi connectivity index (χ1n) is 10.6. The molecule has 31 heavy (non-hydrogen) atoms. The molecule has 0 saturated carbocycles. The second kappa shape index (κ2) is 10.00. The van der Waals surface area contributed by atoms with Crippen molar-refractivity contribution < 1.29 is 18.8 Å². The van der Waals surface area contributed by atoms with Crippen molar-refractivity contribution in [2.75, 3.05) is 40.4 Å². The van der Waals surface area contributed by atoms with E-state index in [0.717, 1.165) is 25.1 Å². The van der Waals surface area contributed by atoms with Gasteiger partial charge in [0.25, 0.3) is 0 Å². The number of methoxy groups -OCH3 is 2. The normalized spacial score (nSPS) is 15.5. The Labute approximate surface area is 183 Å². The minimum atomic E-state index is -0.160. The molecule has 1 aromatic heterocycles. The van der Waals surface area contributed by atoms with Gasteiger partial charge < -0.3 is 24.2 Å². The Bertz CT molecular complexity index is 877. The molecule has 1 N–H and O–H groups in total. The highest BCUT2D eigenvalue weighted by Crippen LogP contribution is 2.27. The molecule has 1 aliphatic rings. The summed E-state index contributed by atoms with van der Waals surface area (Å²) in [7, 11) is 3.20. The molecule has 2 aromatic rings. The number of nitrogens with one attached hydrogen (secondary N) is 1. The van der Waals surface area contributed by atoms with Gasteiger partial charge in [0.2, 0.25) is 5.89 Å². The van der Waals surface area contributed by atoms with Gasteiger partial charge in [0, 0.05) is 38.1 Å². The van der Waals surface area contributed by atoms with E-state index in [1.54, 1.807) is 14.2 Å². The number of hydrogen-bond donors (Lipinski definition) is 1. The summed E-state index contributed by atoms with van der Waals surface area (Å²) < 4.78 is 16.0. The number of ether oxygens (including phenoxy) is 2. The zero-order chi connectivity index (χ0) is 22.4. The van der Waals surface area contributed by atoms with Crippen molar-refractivity contribution in [1.29, 1.82) is 0 Å². The number of carbonyl (C=O) groups excluding carboxylic acids is 1. The van der Waals surface area contributed by atoms with Crippen molar-refractivity contribution in [1.82, 2.24) is 25.3 Å². The summed E-state index contributed by atoms with van der Waals surface area (Å²) >= 11 is 0. The molecule has 0 bridgehead atoms. The van der Waals surface area contributed by atoms with Gasteiger partial charge in [-0.05, 0) is 24.1 Å². The van der Waals surface area contributed by atoms with Crippen LogP contribution in [0.25, 0.3) is 0 Å². The van der Waals surface area contributed by atoms with Gasteiger partial charge in [0.1, 0.15) is 0 Å². The lowest BCUT2D eigenvalue weighted by Crippen LogP contribution is -2.41. The van der Waals surface area contributed by atoms with Crippen molar-refractivity contribution in [3.8, 4) is 11.5 Å². The van der Waals surface area contributed by atoms with Gasteiger partial charge in [-0.2, -0.15) is 4.98 Å². The smallest absolute Gasteiger partial charge is 0.317 e. The number of amides is 2. The average molecular weight is 432 g/mol. The quantitative estimate of drug-likeness (QED) is 0.752. The van der Waals surface area contributed by atoms with E-state index in [9.17, 15) is 4.79 Å². The van der Waals surface area contributed by atoms with E-state index < -0.39 is 0 Å². The minimum absolute atomic E-state index is 0.0637. The van der Waals surface area contributed by atoms with Gasteiger partial charge in [-0.3, -0.25) is 4.90 Å². The summed E-state index contributed by atoms with van der Waals surface area (Å²) in [5.74, 6) is 2.65. The fourth-order valence-electron chi connectivity index (χ4n) is 3.44. The van der Waals surface area contributed by atoms with E-state index in [1.807, 2.05) is 23.1 Å². The Morgan fingerprint density at radius 1 is 1.13 bits per heavy atom. The molecular formula is C22H33N5O4. The van der Waals surface area contributed by atoms with Crippen LogP contribution in [0.1, 0.15) is 44.5 Å². The molecule has 0 unspecified atom stereocenters. The van der Waals surface area contributed by atoms with Gasteiger partial charge in [-0.15, -0.1) is 0 Å². The van der Waals surface area contributed by atoms with Crippen LogP contribution in [-0.2, 0) is 18.5 Å². The zero-order valence-electron chi connectivity index (χ0n) is 19.1. The van der Waals surface area contributed by atoms with Crippen LogP contribution in [0.15, 0.2) is 22.7 Å². The van der Waals surface area contributed by atoms with Gasteiger partial charge >= 0.3 is 6.03 Å². The average Bonchev–Trinajstić information content (AvgIpc) is 3.10. The zero-order valence-corrected chi connectivity index (χ0v) is 19.1. The van der Waals surface area contributed by atoms with Crippen molar-refractivity contribution in [2.45, 2.75) is 45.7 Å². The van der Waals surface area contributed by atoms with Crippen LogP contribution in [-0.4, -0.2) is 66.4 Å². The SMILES string of the molecule is COc1ccc(CNC(=O)N2CCCN(Cc3noc(C(C)(C)C)n3)CC2)cc1OC. The first-order valence-corrected chi connectivity index (χ1v) is 10.6. The van der Waals surface area contributed by atoms with Crippen LogP contribution in [0.3, 0.4) is 0 Å². The topological polar surface area (TPSA) is 93.0 Å². The van der Waals surface area contributed by atoms with Crippen LogP contribution >= 0.6 is 0 Å². The van der Waals surface area contributed by atoms with Crippen LogP contribution in [0.5, 0.6) is 11.5 Å². The molecule has 9 nitrogen and oxygen atoms in total. The number of hydrogen-bond acceptors (Lipinski definition) is 7. The van der Waals surface area contributed by atoms with Crippen molar-refractivity contribution in [3.63, 3.8) is 0 Å². The maximum absolute atomic E-state index is 12.7. The van der Waals surface area contributed by atoms with E-state index in [0.29, 0.717) is 49.4 Å². The molecule has 170 valence electrons. The van der Waals surface area contributed by atoms with Gasteiger partial charge in [0.15, 0.2) is 17.3 Å². The molecule has 2 heterocycles. The minimum Gasteiger partial charge on any atom is -0.493 e. The van der Waals surface area contributed by atoms with Gasteiger partial charge in [-0.25, -0.2) is 4.79 Å². The van der Waals surface area contributed by atoms with Crippen molar-refractivity contribution >= 4 is 6.03 Å². The molecule has 1 saturated heterocycles. The highest BCUT2D eigenvalue weighted by molar-refractivity contribution is 5.74. The Kier molecular flexibility index (Phi) is 7.37. The van der Waals surface area contributed by atoms with Crippen LogP contribution < -0.4 is 14.8 Å². The summed E-state index contributed by atoms with van der Waals surface area (Å²) in [5.41, 5.74) is 0.793. The number of aromatic nitrogens is 2. The summed E-state index contributed by atoms with van der Waals surface area (Å²) in [6, 6.07) is 5.57. The highest BCUT2D eigenvalue weighted by Gasteiger charge is 2.24. The molecule has 9 heteroatoms. The Hall–Kier alpha value is -2.81. The monoisotopic (exact) mass is 431 g/mol. The number of nitrogens with zero attached hydrogens (tertiary/aromatic N) is 4. The number of urea groups is 1. The maximum atomic E-state index is 12.7. The second-order valence-corrected chi connectivity index (χ2v) is 8.73. The predicted molar refractivity (Wildman–Crippen MR) is 116 cm³/mol. The van der Waals surface area contributed by atoms with Crippen LogP contribution in [0.4, 0.5) is 4.79 Å². The second-order valence-electron chi connectivity index (χ2n) is 8.73. The Morgan fingerprint density at radius 2 is 1.90 bits per heavy atom. The van der Waals surface area contributed by atoms with E-state index in [2.05, 4.69) is 41.1 Å². The van der Waals surface area contributed by atoms with Crippen LogP contribution in [0, 0.1) is 0 Å². The maximum Gasteiger partial charge on any atom is 0.317 e. The molecule has 0 radical (unpaired) electrons. The first-order chi connectivity index (χ1) is 14.8. The molecule has 2 amide bonds. The standard InChI is InChI=1S/C22H33N5O4/c1-22(2,3)20-24-19(25-31-20)15-26-9-6-10-27(12-11-26)21(28)23-14-16-7-8-17(29-4)18(13-16)30-5/h7-8,13H,6,9-12,14-15H2,1-5H3,(H,23,28). The summed E-state index contributed by atoms with van der Waals surface area (Å²) in [4.78, 5) is 21.3. The molecule has 0 spiro atoms. The molecule has 1 fully saturated rings. The summed E-state index contributed by atoms with van der Waals surface area (Å²) in [5, 5.41) is 7.11. The lowest BCUT2D eigenvalue weighted by atomic mass is 9.97.